The van der Waals surface area contributed by atoms with Crippen LogP contribution in [0.4, 0.5) is 0 Å². The van der Waals surface area contributed by atoms with Gasteiger partial charge in [-0.25, -0.2) is 9.97 Å². The van der Waals surface area contributed by atoms with Crippen LogP contribution in [0.25, 0.3) is 11.2 Å². The quantitative estimate of drug-likeness (QED) is 0.172. The van der Waals surface area contributed by atoms with E-state index >= 15 is 0 Å². The molecule has 2 aromatic heterocycles. The maximum atomic E-state index is 6.95. The van der Waals surface area contributed by atoms with Gasteiger partial charge in [0.05, 0.1) is 19.0 Å². The van der Waals surface area contributed by atoms with Crippen LogP contribution in [0.2, 0.25) is 36.3 Å². The second-order valence-electron chi connectivity index (χ2n) is 13.7. The second kappa shape index (κ2) is 11.6. The maximum absolute atomic E-state index is 6.95. The summed E-state index contributed by atoms with van der Waals surface area (Å²) in [5.41, 5.74) is 2.32. The van der Waals surface area contributed by atoms with E-state index in [-0.39, 0.29) is 28.5 Å². The minimum atomic E-state index is -2.05. The molecule has 1 aromatic carbocycles. The molecule has 0 aliphatic carbocycles. The summed E-state index contributed by atoms with van der Waals surface area (Å²) in [7, 11) is -4.02. The SMILES string of the molecule is CC(C)(C)[Si](C)(C)OC[C@H]1O[C@@H](n2cnc3c(OCc4ccccc4)nc(Br)nc32)C[C@@H]1O[Si](C)(C)C(C)(C)C. The number of hydrogen-bond acceptors (Lipinski definition) is 7. The Morgan fingerprint density at radius 2 is 1.62 bits per heavy atom. The molecule has 0 saturated carbocycles. The van der Waals surface area contributed by atoms with E-state index in [1.165, 1.54) is 0 Å². The van der Waals surface area contributed by atoms with E-state index in [4.69, 9.17) is 18.3 Å². The molecule has 0 N–H and O–H groups in total. The zero-order chi connectivity index (χ0) is 29.5. The van der Waals surface area contributed by atoms with Crippen molar-refractivity contribution in [1.82, 2.24) is 19.5 Å². The third kappa shape index (κ3) is 6.87. The van der Waals surface area contributed by atoms with Gasteiger partial charge < -0.3 is 18.3 Å². The van der Waals surface area contributed by atoms with E-state index in [2.05, 4.69) is 98.6 Å². The summed E-state index contributed by atoms with van der Waals surface area (Å²) in [5, 5.41) is 0.196. The molecular weight excluding hydrogens is 604 g/mol. The number of nitrogens with zero attached hydrogens (tertiary/aromatic N) is 4. The summed E-state index contributed by atoms with van der Waals surface area (Å²) in [6, 6.07) is 10.0. The van der Waals surface area contributed by atoms with Gasteiger partial charge in [0, 0.05) is 6.42 Å². The molecule has 220 valence electrons. The Bertz CT molecular complexity index is 1310. The van der Waals surface area contributed by atoms with Gasteiger partial charge in [0.15, 0.2) is 27.8 Å². The van der Waals surface area contributed by atoms with Gasteiger partial charge in [0.2, 0.25) is 10.6 Å². The Hall–Kier alpha value is -1.64. The van der Waals surface area contributed by atoms with Gasteiger partial charge in [-0.1, -0.05) is 71.9 Å². The van der Waals surface area contributed by atoms with E-state index in [0.29, 0.717) is 41.4 Å². The number of imidazole rings is 1. The second-order valence-corrected chi connectivity index (χ2v) is 24.0. The molecule has 0 bridgehead atoms. The molecule has 1 aliphatic heterocycles. The molecule has 11 heteroatoms. The van der Waals surface area contributed by atoms with Gasteiger partial charge in [-0.2, -0.15) is 4.98 Å². The summed E-state index contributed by atoms with van der Waals surface area (Å²) < 4.78 is 28.8. The zero-order valence-electron chi connectivity index (χ0n) is 25.6. The fraction of sp³-hybridized carbons (Fsp3) is 0.621. The van der Waals surface area contributed by atoms with Crippen molar-refractivity contribution < 1.29 is 18.3 Å². The summed E-state index contributed by atoms with van der Waals surface area (Å²) in [6.07, 6.45) is 1.88. The zero-order valence-corrected chi connectivity index (χ0v) is 29.2. The number of benzene rings is 1. The molecule has 0 amide bonds. The lowest BCUT2D eigenvalue weighted by Gasteiger charge is -2.40. The molecule has 1 aliphatic rings. The van der Waals surface area contributed by atoms with Gasteiger partial charge in [-0.15, -0.1) is 0 Å². The van der Waals surface area contributed by atoms with Crippen molar-refractivity contribution in [1.29, 1.82) is 0 Å². The number of hydrogen-bond donors (Lipinski definition) is 0. The van der Waals surface area contributed by atoms with Crippen molar-refractivity contribution in [3.8, 4) is 5.88 Å². The summed E-state index contributed by atoms with van der Waals surface area (Å²) in [6.45, 7) is 23.6. The first-order chi connectivity index (χ1) is 18.5. The van der Waals surface area contributed by atoms with Crippen molar-refractivity contribution in [2.75, 3.05) is 6.61 Å². The number of aromatic nitrogens is 4. The van der Waals surface area contributed by atoms with Crippen LogP contribution in [-0.2, 0) is 20.2 Å². The van der Waals surface area contributed by atoms with Crippen molar-refractivity contribution in [2.24, 2.45) is 0 Å². The van der Waals surface area contributed by atoms with Crippen LogP contribution in [0.1, 0.15) is 59.8 Å². The lowest BCUT2D eigenvalue weighted by atomic mass is 10.2. The van der Waals surface area contributed by atoms with E-state index in [9.17, 15) is 0 Å². The average Bonchev–Trinajstić information content (AvgIpc) is 3.44. The Morgan fingerprint density at radius 3 is 2.25 bits per heavy atom. The molecule has 0 unspecified atom stereocenters. The first-order valence-electron chi connectivity index (χ1n) is 14.0. The van der Waals surface area contributed by atoms with Crippen LogP contribution >= 0.6 is 15.9 Å². The highest BCUT2D eigenvalue weighted by Crippen LogP contribution is 2.43. The average molecular weight is 650 g/mol. The maximum Gasteiger partial charge on any atom is 0.246 e. The van der Waals surface area contributed by atoms with Gasteiger partial charge in [-0.3, -0.25) is 4.57 Å². The highest BCUT2D eigenvalue weighted by atomic mass is 79.9. The Morgan fingerprint density at radius 1 is 0.975 bits per heavy atom. The van der Waals surface area contributed by atoms with Crippen molar-refractivity contribution >= 4 is 43.7 Å². The highest BCUT2D eigenvalue weighted by molar-refractivity contribution is 9.10. The molecule has 4 rings (SSSR count). The lowest BCUT2D eigenvalue weighted by molar-refractivity contribution is -0.0383. The molecule has 1 fully saturated rings. The van der Waals surface area contributed by atoms with Crippen LogP contribution < -0.4 is 4.74 Å². The van der Waals surface area contributed by atoms with Crippen molar-refractivity contribution in [3.63, 3.8) is 0 Å². The summed E-state index contributed by atoms with van der Waals surface area (Å²) >= 11 is 3.47. The molecule has 3 atom stereocenters. The standard InChI is InChI=1S/C29H45BrN4O4Si2/c1-28(2,3)39(7,8)36-18-22-21(38-40(9,10)29(4,5)6)16-23(37-22)34-19-31-24-25(34)32-27(30)33-26(24)35-17-20-14-12-11-13-15-20/h11-15,19,21-23H,16-18H2,1-10H3/t21-,22+,23+/m0/s1. The third-order valence-electron chi connectivity index (χ3n) is 8.74. The molecule has 40 heavy (non-hydrogen) atoms. The highest BCUT2D eigenvalue weighted by Gasteiger charge is 2.47. The van der Waals surface area contributed by atoms with Gasteiger partial charge in [0.25, 0.3) is 0 Å². The monoisotopic (exact) mass is 648 g/mol. The topological polar surface area (TPSA) is 80.5 Å². The van der Waals surface area contributed by atoms with Crippen LogP contribution in [0.3, 0.4) is 0 Å². The summed E-state index contributed by atoms with van der Waals surface area (Å²) in [4.78, 5) is 13.8. The van der Waals surface area contributed by atoms with Gasteiger partial charge in [0.1, 0.15) is 18.9 Å². The predicted octanol–water partition coefficient (Wildman–Crippen LogP) is 7.87. The Labute approximate surface area is 249 Å². The van der Waals surface area contributed by atoms with Crippen LogP contribution in [0, 0.1) is 0 Å². The van der Waals surface area contributed by atoms with E-state index in [0.717, 1.165) is 5.56 Å². The summed E-state index contributed by atoms with van der Waals surface area (Å²) in [5.74, 6) is 0.435. The number of halogens is 1. The molecular formula is C29H45BrN4O4Si2. The van der Waals surface area contributed by atoms with E-state index < -0.39 is 16.6 Å². The minimum absolute atomic E-state index is 0.0840. The van der Waals surface area contributed by atoms with Crippen LogP contribution in [-0.4, -0.2) is 55.0 Å². The third-order valence-corrected chi connectivity index (χ3v) is 18.1. The van der Waals surface area contributed by atoms with E-state index in [1.807, 2.05) is 34.9 Å². The predicted molar refractivity (Wildman–Crippen MR) is 168 cm³/mol. The Kier molecular flexibility index (Phi) is 9.05. The largest absolute Gasteiger partial charge is 0.471 e. The molecule has 0 radical (unpaired) electrons. The molecule has 3 aromatic rings. The van der Waals surface area contributed by atoms with Crippen molar-refractivity contribution in [2.45, 2.75) is 109 Å². The fourth-order valence-corrected chi connectivity index (χ4v) is 6.81. The number of fused-ring (bicyclic) bond motifs is 1. The first-order valence-corrected chi connectivity index (χ1v) is 20.6. The van der Waals surface area contributed by atoms with Gasteiger partial charge >= 0.3 is 0 Å². The van der Waals surface area contributed by atoms with Gasteiger partial charge in [-0.05, 0) is 57.8 Å². The van der Waals surface area contributed by atoms with Crippen molar-refractivity contribution in [3.05, 3.63) is 47.0 Å². The molecule has 8 nitrogen and oxygen atoms in total. The molecule has 3 heterocycles. The first kappa shape index (κ1) is 31.3. The minimum Gasteiger partial charge on any atom is -0.471 e. The smallest absolute Gasteiger partial charge is 0.246 e. The van der Waals surface area contributed by atoms with Crippen LogP contribution in [0.15, 0.2) is 41.4 Å². The normalized spacial score (nSPS) is 20.8. The lowest BCUT2D eigenvalue weighted by Crippen LogP contribution is -2.48. The molecule has 1 saturated heterocycles. The number of ether oxygens (including phenoxy) is 2. The Balaban J connectivity index is 1.61. The molecule has 0 spiro atoms. The van der Waals surface area contributed by atoms with Crippen LogP contribution in [0.5, 0.6) is 5.88 Å². The number of rotatable bonds is 9. The van der Waals surface area contributed by atoms with E-state index in [1.54, 1.807) is 6.33 Å². The fourth-order valence-electron chi connectivity index (χ4n) is 4.11.